The lowest BCUT2D eigenvalue weighted by Crippen LogP contribution is -2.41. The second kappa shape index (κ2) is 4.89. The van der Waals surface area contributed by atoms with Gasteiger partial charge in [0, 0.05) is 23.3 Å². The first-order valence-electron chi connectivity index (χ1n) is 8.18. The summed E-state index contributed by atoms with van der Waals surface area (Å²) in [6.07, 6.45) is 6.24. The van der Waals surface area contributed by atoms with Gasteiger partial charge < -0.3 is 4.74 Å². The molecule has 23 heavy (non-hydrogen) atoms. The van der Waals surface area contributed by atoms with Crippen LogP contribution < -0.4 is 4.74 Å². The number of carbonyl (C=O) groups is 1. The van der Waals surface area contributed by atoms with E-state index in [4.69, 9.17) is 9.72 Å². The van der Waals surface area contributed by atoms with Crippen LogP contribution >= 0.6 is 0 Å². The summed E-state index contributed by atoms with van der Waals surface area (Å²) in [5.74, 6) is 2.11. The molecular formula is C18H19N3O2. The second-order valence-corrected chi connectivity index (χ2v) is 7.01. The molecule has 3 aliphatic rings. The van der Waals surface area contributed by atoms with Gasteiger partial charge in [0.25, 0.3) is 0 Å². The van der Waals surface area contributed by atoms with Gasteiger partial charge in [-0.3, -0.25) is 4.79 Å². The third kappa shape index (κ3) is 2.08. The van der Waals surface area contributed by atoms with Crippen molar-refractivity contribution in [2.75, 3.05) is 7.11 Å². The molecule has 3 aliphatic carbocycles. The van der Waals surface area contributed by atoms with Crippen molar-refractivity contribution in [3.63, 3.8) is 0 Å². The molecule has 5 nitrogen and oxygen atoms in total. The van der Waals surface area contributed by atoms with Crippen molar-refractivity contribution in [1.29, 1.82) is 5.26 Å². The van der Waals surface area contributed by atoms with Crippen LogP contribution in [0.25, 0.3) is 0 Å². The maximum absolute atomic E-state index is 12.1. The highest BCUT2D eigenvalue weighted by molar-refractivity contribution is 6.00. The van der Waals surface area contributed by atoms with E-state index in [1.54, 1.807) is 7.11 Å². The largest absolute Gasteiger partial charge is 0.481 e. The maximum Gasteiger partial charge on any atom is 0.219 e. The number of allylic oxidation sites excluding steroid dienone is 2. The van der Waals surface area contributed by atoms with Crippen LogP contribution in [0.4, 0.5) is 0 Å². The highest BCUT2D eigenvalue weighted by atomic mass is 16.5. The predicted octanol–water partition coefficient (Wildman–Crippen LogP) is 2.61. The first-order valence-corrected chi connectivity index (χ1v) is 8.18. The van der Waals surface area contributed by atoms with E-state index in [0.717, 1.165) is 42.8 Å². The SMILES string of the molecule is COc1nc(C2CC2)nc2c1CCC1CC(=O)C(C#N)=CC21C. The zero-order valence-electron chi connectivity index (χ0n) is 13.4. The van der Waals surface area contributed by atoms with Crippen LogP contribution in [0, 0.1) is 17.2 Å². The lowest BCUT2D eigenvalue weighted by molar-refractivity contribution is -0.117. The predicted molar refractivity (Wildman–Crippen MR) is 83.0 cm³/mol. The van der Waals surface area contributed by atoms with E-state index < -0.39 is 0 Å². The topological polar surface area (TPSA) is 75.9 Å². The van der Waals surface area contributed by atoms with Gasteiger partial charge in [-0.05, 0) is 31.6 Å². The first kappa shape index (κ1) is 14.4. The van der Waals surface area contributed by atoms with E-state index in [9.17, 15) is 10.1 Å². The number of rotatable bonds is 2. The minimum absolute atomic E-state index is 0.0399. The molecule has 1 fully saturated rings. The Morgan fingerprint density at radius 1 is 1.35 bits per heavy atom. The molecule has 0 N–H and O–H groups in total. The van der Waals surface area contributed by atoms with Crippen molar-refractivity contribution in [3.8, 4) is 11.9 Å². The van der Waals surface area contributed by atoms with E-state index in [0.29, 0.717) is 18.2 Å². The maximum atomic E-state index is 12.1. The van der Waals surface area contributed by atoms with Crippen molar-refractivity contribution in [3.05, 3.63) is 28.7 Å². The van der Waals surface area contributed by atoms with Gasteiger partial charge in [-0.15, -0.1) is 0 Å². The van der Waals surface area contributed by atoms with Crippen molar-refractivity contribution in [2.45, 2.75) is 50.4 Å². The van der Waals surface area contributed by atoms with Gasteiger partial charge in [0.15, 0.2) is 5.78 Å². The number of carbonyl (C=O) groups excluding carboxylic acids is 1. The molecule has 1 heterocycles. The third-order valence-corrected chi connectivity index (χ3v) is 5.52. The molecule has 0 aromatic carbocycles. The number of hydrogen-bond donors (Lipinski definition) is 0. The molecule has 0 aliphatic heterocycles. The minimum Gasteiger partial charge on any atom is -0.481 e. The molecule has 0 saturated heterocycles. The number of ketones is 1. The summed E-state index contributed by atoms with van der Waals surface area (Å²) in [5, 5.41) is 9.27. The Bertz CT molecular complexity index is 773. The molecule has 5 heteroatoms. The zero-order chi connectivity index (χ0) is 16.2. The summed E-state index contributed by atoms with van der Waals surface area (Å²) in [4.78, 5) is 21.6. The molecule has 4 rings (SSSR count). The number of Topliss-reactive ketones (excluding diaryl/α,β-unsaturated/α-hetero) is 1. The van der Waals surface area contributed by atoms with Crippen LogP contribution in [-0.2, 0) is 16.6 Å². The lowest BCUT2D eigenvalue weighted by Gasteiger charge is -2.42. The number of fused-ring (bicyclic) bond motifs is 3. The van der Waals surface area contributed by atoms with E-state index in [-0.39, 0.29) is 22.7 Å². The standard InChI is InChI=1S/C18H19N3O2/c1-18-8-11(9-19)14(22)7-12(18)5-6-13-15(18)20-16(10-3-4-10)21-17(13)23-2/h8,10,12H,3-7H2,1-2H3. The van der Waals surface area contributed by atoms with E-state index in [1.165, 1.54) is 0 Å². The summed E-state index contributed by atoms with van der Waals surface area (Å²) >= 11 is 0. The fraction of sp³-hybridized carbons (Fsp3) is 0.556. The number of methoxy groups -OCH3 is 1. The van der Waals surface area contributed by atoms with Gasteiger partial charge in [-0.1, -0.05) is 13.0 Å². The Morgan fingerprint density at radius 2 is 2.13 bits per heavy atom. The van der Waals surface area contributed by atoms with Gasteiger partial charge in [0.05, 0.1) is 18.4 Å². The molecule has 1 aromatic heterocycles. The highest BCUT2D eigenvalue weighted by Crippen LogP contribution is 2.49. The van der Waals surface area contributed by atoms with Crippen LogP contribution in [0.1, 0.15) is 55.6 Å². The number of ether oxygens (including phenoxy) is 1. The molecule has 0 amide bonds. The van der Waals surface area contributed by atoms with E-state index >= 15 is 0 Å². The summed E-state index contributed by atoms with van der Waals surface area (Å²) < 4.78 is 5.53. The summed E-state index contributed by atoms with van der Waals surface area (Å²) in [7, 11) is 1.65. The van der Waals surface area contributed by atoms with E-state index in [1.807, 2.05) is 6.08 Å². The van der Waals surface area contributed by atoms with Crippen molar-refractivity contribution in [1.82, 2.24) is 9.97 Å². The normalized spacial score (nSPS) is 29.2. The summed E-state index contributed by atoms with van der Waals surface area (Å²) in [5.41, 5.74) is 1.88. The van der Waals surface area contributed by atoms with Gasteiger partial charge in [0.1, 0.15) is 11.9 Å². The number of nitriles is 1. The fourth-order valence-corrected chi connectivity index (χ4v) is 3.96. The number of hydrogen-bond acceptors (Lipinski definition) is 5. The van der Waals surface area contributed by atoms with Crippen LogP contribution in [0.15, 0.2) is 11.6 Å². The van der Waals surface area contributed by atoms with Crippen molar-refractivity contribution < 1.29 is 9.53 Å². The summed E-state index contributed by atoms with van der Waals surface area (Å²) in [6, 6.07) is 2.06. The second-order valence-electron chi connectivity index (χ2n) is 7.01. The Kier molecular flexibility index (Phi) is 3.06. The number of aromatic nitrogens is 2. The average Bonchev–Trinajstić information content (AvgIpc) is 3.39. The van der Waals surface area contributed by atoms with Crippen LogP contribution in [-0.4, -0.2) is 22.9 Å². The number of nitrogens with zero attached hydrogens (tertiary/aromatic N) is 3. The van der Waals surface area contributed by atoms with Crippen LogP contribution in [0.2, 0.25) is 0 Å². The summed E-state index contributed by atoms with van der Waals surface area (Å²) in [6.45, 7) is 2.10. The molecule has 118 valence electrons. The first-order chi connectivity index (χ1) is 11.1. The molecule has 0 bridgehead atoms. The quantitative estimate of drug-likeness (QED) is 0.839. The van der Waals surface area contributed by atoms with Crippen LogP contribution in [0.5, 0.6) is 5.88 Å². The van der Waals surface area contributed by atoms with Gasteiger partial charge >= 0.3 is 0 Å². The molecule has 0 radical (unpaired) electrons. The Morgan fingerprint density at radius 3 is 2.78 bits per heavy atom. The lowest BCUT2D eigenvalue weighted by atomic mass is 9.61. The molecule has 2 atom stereocenters. The van der Waals surface area contributed by atoms with Gasteiger partial charge in [0.2, 0.25) is 5.88 Å². The van der Waals surface area contributed by atoms with E-state index in [2.05, 4.69) is 18.0 Å². The molecule has 1 aromatic rings. The Labute approximate surface area is 135 Å². The van der Waals surface area contributed by atoms with Crippen LogP contribution in [0.3, 0.4) is 0 Å². The van der Waals surface area contributed by atoms with Crippen molar-refractivity contribution >= 4 is 5.78 Å². The van der Waals surface area contributed by atoms with Gasteiger partial charge in [-0.25, -0.2) is 4.98 Å². The molecule has 1 saturated carbocycles. The Balaban J connectivity index is 1.93. The zero-order valence-corrected chi connectivity index (χ0v) is 13.4. The van der Waals surface area contributed by atoms with Gasteiger partial charge in [-0.2, -0.15) is 10.2 Å². The highest BCUT2D eigenvalue weighted by Gasteiger charge is 2.46. The molecule has 0 spiro atoms. The Hall–Kier alpha value is -2.22. The molecular weight excluding hydrogens is 290 g/mol. The van der Waals surface area contributed by atoms with Crippen molar-refractivity contribution in [2.24, 2.45) is 5.92 Å². The monoisotopic (exact) mass is 309 g/mol. The minimum atomic E-state index is -0.383. The molecule has 2 unspecified atom stereocenters. The smallest absolute Gasteiger partial charge is 0.219 e. The third-order valence-electron chi connectivity index (χ3n) is 5.52. The average molecular weight is 309 g/mol. The fourth-order valence-electron chi connectivity index (χ4n) is 3.96.